The number of hydrogen-bond donors (Lipinski definition) is 0. The number of nitrogens with zero attached hydrogens (tertiary/aromatic N) is 3. The van der Waals surface area contributed by atoms with Crippen LogP contribution in [0.2, 0.25) is 5.02 Å². The highest BCUT2D eigenvalue weighted by Crippen LogP contribution is 2.35. The molecule has 1 aromatic heterocycles. The lowest BCUT2D eigenvalue weighted by molar-refractivity contribution is 0.410. The summed E-state index contributed by atoms with van der Waals surface area (Å²) in [4.78, 5) is 0.177. The van der Waals surface area contributed by atoms with Crippen molar-refractivity contribution in [3.8, 4) is 11.4 Å². The van der Waals surface area contributed by atoms with E-state index in [4.69, 9.17) is 16.3 Å². The van der Waals surface area contributed by atoms with Gasteiger partial charge in [0.25, 0.3) is 0 Å². The molecule has 0 spiro atoms. The zero-order valence-corrected chi connectivity index (χ0v) is 20.5. The summed E-state index contributed by atoms with van der Waals surface area (Å²) >= 11 is 6.46. The third kappa shape index (κ3) is 4.34. The quantitative estimate of drug-likeness (QED) is 0.502. The molecule has 2 aromatic carbocycles. The largest absolute Gasteiger partial charge is 0.494 e. The molecule has 0 radical (unpaired) electrons. The minimum absolute atomic E-state index is 0.0701. The number of halogens is 1. The Hall–Kier alpha value is -2.38. The van der Waals surface area contributed by atoms with Gasteiger partial charge in [-0.1, -0.05) is 63.6 Å². The van der Waals surface area contributed by atoms with Crippen molar-refractivity contribution in [3.05, 3.63) is 58.2 Å². The molecule has 0 aliphatic carbocycles. The van der Waals surface area contributed by atoms with E-state index in [-0.39, 0.29) is 21.3 Å². The summed E-state index contributed by atoms with van der Waals surface area (Å²) in [6, 6.07) is 10.5. The molecular weight excluding hydrogens is 434 g/mol. The highest BCUT2D eigenvalue weighted by molar-refractivity contribution is 7.91. The average Bonchev–Trinajstić information content (AvgIpc) is 3.09. The van der Waals surface area contributed by atoms with Crippen LogP contribution in [0.15, 0.2) is 46.3 Å². The molecule has 8 heteroatoms. The highest BCUT2D eigenvalue weighted by atomic mass is 35.5. The van der Waals surface area contributed by atoms with Crippen molar-refractivity contribution < 1.29 is 13.2 Å². The Morgan fingerprint density at radius 1 is 1.10 bits per heavy atom. The van der Waals surface area contributed by atoms with Gasteiger partial charge in [-0.25, -0.2) is 13.1 Å². The van der Waals surface area contributed by atoms with Crippen molar-refractivity contribution in [1.82, 2.24) is 15.0 Å². The maximum absolute atomic E-state index is 13.3. The van der Waals surface area contributed by atoms with Gasteiger partial charge in [0.15, 0.2) is 0 Å². The van der Waals surface area contributed by atoms with Gasteiger partial charge in [0, 0.05) is 5.02 Å². The van der Waals surface area contributed by atoms with Crippen molar-refractivity contribution >= 4 is 21.4 Å². The molecule has 1 heterocycles. The number of rotatable bonds is 5. The number of aromatic nitrogens is 3. The summed E-state index contributed by atoms with van der Waals surface area (Å²) in [5, 5.41) is 8.57. The van der Waals surface area contributed by atoms with E-state index in [2.05, 4.69) is 31.1 Å². The Kier molecular flexibility index (Phi) is 6.22. The first-order chi connectivity index (χ1) is 14.4. The predicted molar refractivity (Wildman–Crippen MR) is 122 cm³/mol. The first kappa shape index (κ1) is 23.3. The summed E-state index contributed by atoms with van der Waals surface area (Å²) in [7, 11) is -2.29. The van der Waals surface area contributed by atoms with Crippen LogP contribution in [0.1, 0.15) is 57.4 Å². The summed E-state index contributed by atoms with van der Waals surface area (Å²) in [6.07, 6.45) is 0. The fourth-order valence-electron chi connectivity index (χ4n) is 3.37. The standard InChI is InChI=1S/C23H28ClN3O3S/c1-14(2)18-12-21(30-7)20(13-19(18)24)27-15(3)22(25-26-27)31(28,29)17-10-8-16(9-11-17)23(4,5)6/h8-14H,1-7H3. The van der Waals surface area contributed by atoms with E-state index >= 15 is 0 Å². The molecule has 0 fully saturated rings. The van der Waals surface area contributed by atoms with Crippen LogP contribution in [0.5, 0.6) is 5.75 Å². The molecule has 0 atom stereocenters. The fraction of sp³-hybridized carbons (Fsp3) is 0.391. The van der Waals surface area contributed by atoms with Crippen LogP contribution in [-0.2, 0) is 15.3 Å². The van der Waals surface area contributed by atoms with E-state index in [1.54, 1.807) is 32.2 Å². The maximum atomic E-state index is 13.3. The van der Waals surface area contributed by atoms with Crippen LogP contribution >= 0.6 is 11.6 Å². The number of ether oxygens (including phenoxy) is 1. The van der Waals surface area contributed by atoms with Gasteiger partial charge in [0.2, 0.25) is 14.9 Å². The normalized spacial score (nSPS) is 12.4. The van der Waals surface area contributed by atoms with Gasteiger partial charge >= 0.3 is 0 Å². The SMILES string of the molecule is COc1cc(C(C)C)c(Cl)cc1-n1nnc(S(=O)(=O)c2ccc(C(C)(C)C)cc2)c1C. The number of hydrogen-bond acceptors (Lipinski definition) is 5. The van der Waals surface area contributed by atoms with Gasteiger partial charge < -0.3 is 4.74 Å². The fourth-order valence-corrected chi connectivity index (χ4v) is 5.08. The summed E-state index contributed by atoms with van der Waals surface area (Å²) in [5.74, 6) is 0.749. The van der Waals surface area contributed by atoms with Gasteiger partial charge in [0.05, 0.1) is 17.7 Å². The third-order valence-corrected chi connectivity index (χ3v) is 7.39. The molecule has 31 heavy (non-hydrogen) atoms. The van der Waals surface area contributed by atoms with Crippen LogP contribution < -0.4 is 4.74 Å². The van der Waals surface area contributed by atoms with Gasteiger partial charge in [-0.2, -0.15) is 0 Å². The first-order valence-corrected chi connectivity index (χ1v) is 11.9. The second kappa shape index (κ2) is 8.28. The van der Waals surface area contributed by atoms with Crippen LogP contribution in [0.3, 0.4) is 0 Å². The van der Waals surface area contributed by atoms with Crippen molar-refractivity contribution in [2.24, 2.45) is 0 Å². The first-order valence-electron chi connectivity index (χ1n) is 10.0. The number of sulfone groups is 1. The molecule has 0 amide bonds. The second-order valence-electron chi connectivity index (χ2n) is 8.87. The lowest BCUT2D eigenvalue weighted by Gasteiger charge is -2.19. The van der Waals surface area contributed by atoms with Crippen LogP contribution in [0, 0.1) is 6.92 Å². The third-order valence-electron chi connectivity index (χ3n) is 5.29. The van der Waals surface area contributed by atoms with Crippen LogP contribution in [0.4, 0.5) is 0 Å². The molecule has 6 nitrogen and oxygen atoms in total. The van der Waals surface area contributed by atoms with Crippen molar-refractivity contribution in [2.75, 3.05) is 7.11 Å². The topological polar surface area (TPSA) is 74.1 Å². The maximum Gasteiger partial charge on any atom is 0.227 e. The Morgan fingerprint density at radius 2 is 1.71 bits per heavy atom. The summed E-state index contributed by atoms with van der Waals surface area (Å²) in [5.41, 5.74) is 2.83. The molecule has 3 rings (SSSR count). The van der Waals surface area contributed by atoms with Crippen LogP contribution in [0.25, 0.3) is 5.69 Å². The van der Waals surface area contributed by atoms with Gasteiger partial charge in [-0.15, -0.1) is 5.10 Å². The molecule has 0 bridgehead atoms. The number of methoxy groups -OCH3 is 1. The van der Waals surface area contributed by atoms with Crippen LogP contribution in [-0.4, -0.2) is 30.5 Å². The van der Waals surface area contributed by atoms with E-state index in [1.165, 1.54) is 4.68 Å². The zero-order chi connectivity index (χ0) is 23.1. The minimum atomic E-state index is -3.84. The zero-order valence-electron chi connectivity index (χ0n) is 18.9. The molecule has 0 unspecified atom stereocenters. The lowest BCUT2D eigenvalue weighted by Crippen LogP contribution is -2.12. The van der Waals surface area contributed by atoms with Gasteiger partial charge in [-0.05, 0) is 53.6 Å². The van der Waals surface area contributed by atoms with Crippen molar-refractivity contribution in [3.63, 3.8) is 0 Å². The minimum Gasteiger partial charge on any atom is -0.494 e. The molecule has 0 saturated heterocycles. The Bertz CT molecular complexity index is 1210. The van der Waals surface area contributed by atoms with E-state index in [9.17, 15) is 8.42 Å². The molecule has 3 aromatic rings. The summed E-state index contributed by atoms with van der Waals surface area (Å²) < 4.78 is 33.5. The molecule has 166 valence electrons. The average molecular weight is 462 g/mol. The number of benzene rings is 2. The molecule has 0 aliphatic heterocycles. The Labute approximate surface area is 189 Å². The van der Waals surface area contributed by atoms with Crippen molar-refractivity contribution in [1.29, 1.82) is 0 Å². The molecule has 0 saturated carbocycles. The smallest absolute Gasteiger partial charge is 0.227 e. The lowest BCUT2D eigenvalue weighted by atomic mass is 9.87. The van der Waals surface area contributed by atoms with E-state index in [1.807, 2.05) is 32.0 Å². The Balaban J connectivity index is 2.09. The molecule has 0 N–H and O–H groups in total. The van der Waals surface area contributed by atoms with Gasteiger partial charge in [-0.3, -0.25) is 0 Å². The monoisotopic (exact) mass is 461 g/mol. The highest BCUT2D eigenvalue weighted by Gasteiger charge is 2.27. The Morgan fingerprint density at radius 3 is 2.23 bits per heavy atom. The molecular formula is C23H28ClN3O3S. The van der Waals surface area contributed by atoms with E-state index in [0.29, 0.717) is 22.2 Å². The van der Waals surface area contributed by atoms with Gasteiger partial charge in [0.1, 0.15) is 11.4 Å². The summed E-state index contributed by atoms with van der Waals surface area (Å²) in [6.45, 7) is 12.0. The van der Waals surface area contributed by atoms with E-state index < -0.39 is 9.84 Å². The second-order valence-corrected chi connectivity index (χ2v) is 11.1. The van der Waals surface area contributed by atoms with E-state index in [0.717, 1.165) is 11.1 Å². The molecule has 0 aliphatic rings. The van der Waals surface area contributed by atoms with Crippen molar-refractivity contribution in [2.45, 2.75) is 62.8 Å². The predicted octanol–water partition coefficient (Wildman–Crippen LogP) is 5.49.